The first-order valence-electron chi connectivity index (χ1n) is 17.1. The van der Waals surface area contributed by atoms with Crippen molar-refractivity contribution < 1.29 is 38.9 Å². The molecule has 4 amide bonds. The van der Waals surface area contributed by atoms with Crippen LogP contribution in [-0.2, 0) is 43.2 Å². The summed E-state index contributed by atoms with van der Waals surface area (Å²) >= 11 is 0. The highest BCUT2D eigenvalue weighted by atomic mass is 16.6. The van der Waals surface area contributed by atoms with E-state index in [2.05, 4.69) is 5.32 Å². The van der Waals surface area contributed by atoms with Gasteiger partial charge in [-0.3, -0.25) is 14.4 Å². The number of carbonyl (C=O) groups excluding carboxylic acids is 4. The minimum Gasteiger partial charge on any atom is -0.508 e. The molecule has 1 unspecified atom stereocenters. The molecule has 1 fully saturated rings. The summed E-state index contributed by atoms with van der Waals surface area (Å²) in [5, 5.41) is 22.4. The summed E-state index contributed by atoms with van der Waals surface area (Å²) in [7, 11) is 2.99. The number of ether oxygens (including phenoxy) is 1. The molecule has 4 atom stereocenters. The molecule has 0 spiro atoms. The second-order valence-corrected chi connectivity index (χ2v) is 13.9. The monoisotopic (exact) mass is 700 g/mol. The van der Waals surface area contributed by atoms with E-state index in [0.717, 1.165) is 11.1 Å². The van der Waals surface area contributed by atoms with Crippen LogP contribution in [0, 0.1) is 0 Å². The molecule has 1 aliphatic heterocycles. The van der Waals surface area contributed by atoms with Crippen molar-refractivity contribution in [1.82, 2.24) is 20.0 Å². The maximum atomic E-state index is 14.7. The van der Waals surface area contributed by atoms with E-state index in [9.17, 15) is 34.2 Å². The van der Waals surface area contributed by atoms with Gasteiger partial charge in [0.1, 0.15) is 35.5 Å². The maximum Gasteiger partial charge on any atom is 0.408 e. The molecule has 51 heavy (non-hydrogen) atoms. The SMILES string of the molecule is CN(C(=O)[C@H](Cc1ccccc1)N(C)C(=O)[C@H](Cc1ccc(O)cc1)NC(=O)OC(C)(C)C)C(Cc1ccccc1)C(=O)N1CCC[C@H]1C(=O)O. The number of hydrogen-bond acceptors (Lipinski definition) is 7. The fraction of sp³-hybridized carbons (Fsp3) is 0.410. The van der Waals surface area contributed by atoms with Crippen molar-refractivity contribution in [3.05, 3.63) is 102 Å². The average molecular weight is 701 g/mol. The van der Waals surface area contributed by atoms with E-state index < -0.39 is 59.6 Å². The van der Waals surface area contributed by atoms with E-state index in [1.165, 1.54) is 40.9 Å². The fourth-order valence-corrected chi connectivity index (χ4v) is 6.24. The first-order valence-corrected chi connectivity index (χ1v) is 17.1. The third-order valence-electron chi connectivity index (χ3n) is 8.93. The van der Waals surface area contributed by atoms with Gasteiger partial charge in [0, 0.05) is 39.9 Å². The van der Waals surface area contributed by atoms with Gasteiger partial charge in [-0.25, -0.2) is 9.59 Å². The van der Waals surface area contributed by atoms with E-state index in [1.807, 2.05) is 60.7 Å². The van der Waals surface area contributed by atoms with Crippen LogP contribution >= 0.6 is 0 Å². The van der Waals surface area contributed by atoms with Gasteiger partial charge >= 0.3 is 12.1 Å². The first kappa shape index (κ1) is 38.4. The summed E-state index contributed by atoms with van der Waals surface area (Å²) in [5.74, 6) is -2.65. The Morgan fingerprint density at radius 3 is 1.82 bits per heavy atom. The van der Waals surface area contributed by atoms with Crippen LogP contribution in [0.4, 0.5) is 4.79 Å². The predicted octanol–water partition coefficient (Wildman–Crippen LogP) is 4.04. The van der Waals surface area contributed by atoms with Gasteiger partial charge in [0.05, 0.1) is 0 Å². The molecule has 3 aromatic rings. The maximum absolute atomic E-state index is 14.7. The van der Waals surface area contributed by atoms with Gasteiger partial charge in [0.25, 0.3) is 0 Å². The number of rotatable bonds is 13. The van der Waals surface area contributed by atoms with E-state index in [-0.39, 0.29) is 31.6 Å². The number of carboxylic acid groups (broad SMARTS) is 1. The number of carboxylic acids is 1. The molecule has 1 heterocycles. The molecule has 3 aromatic carbocycles. The molecule has 1 saturated heterocycles. The Hall–Kier alpha value is -5.39. The summed E-state index contributed by atoms with van der Waals surface area (Å²) in [6.45, 7) is 5.36. The molecular formula is C39H48N4O8. The Morgan fingerprint density at radius 2 is 1.29 bits per heavy atom. The van der Waals surface area contributed by atoms with Crippen LogP contribution in [0.5, 0.6) is 5.75 Å². The van der Waals surface area contributed by atoms with Crippen LogP contribution in [0.3, 0.4) is 0 Å². The molecular weight excluding hydrogens is 652 g/mol. The smallest absolute Gasteiger partial charge is 0.408 e. The third kappa shape index (κ3) is 10.6. The Balaban J connectivity index is 1.70. The number of likely N-dealkylation sites (N-methyl/N-ethyl adjacent to an activating group) is 2. The summed E-state index contributed by atoms with van der Waals surface area (Å²) in [4.78, 5) is 72.2. The van der Waals surface area contributed by atoms with Gasteiger partial charge in [-0.2, -0.15) is 0 Å². The van der Waals surface area contributed by atoms with Gasteiger partial charge in [-0.15, -0.1) is 0 Å². The molecule has 272 valence electrons. The fourth-order valence-electron chi connectivity index (χ4n) is 6.24. The lowest BCUT2D eigenvalue weighted by Gasteiger charge is -2.37. The largest absolute Gasteiger partial charge is 0.508 e. The Bertz CT molecular complexity index is 1660. The highest BCUT2D eigenvalue weighted by molar-refractivity contribution is 5.95. The van der Waals surface area contributed by atoms with E-state index in [4.69, 9.17) is 4.74 Å². The number of benzene rings is 3. The minimum absolute atomic E-state index is 0.0332. The molecule has 4 rings (SSSR count). The number of aromatic hydroxyl groups is 1. The number of nitrogens with one attached hydrogen (secondary N) is 1. The quantitative estimate of drug-likeness (QED) is 0.241. The zero-order valence-electron chi connectivity index (χ0n) is 29.8. The molecule has 12 nitrogen and oxygen atoms in total. The van der Waals surface area contributed by atoms with Crippen molar-refractivity contribution >= 4 is 29.8 Å². The lowest BCUT2D eigenvalue weighted by atomic mass is 9.98. The summed E-state index contributed by atoms with van der Waals surface area (Å²) < 4.78 is 5.47. The number of likely N-dealkylation sites (tertiary alicyclic amines) is 1. The number of phenolic OH excluding ortho intramolecular Hbond substituents is 1. The third-order valence-corrected chi connectivity index (χ3v) is 8.93. The van der Waals surface area contributed by atoms with Crippen molar-refractivity contribution in [3.63, 3.8) is 0 Å². The normalized spacial score (nSPS) is 16.0. The molecule has 0 aromatic heterocycles. The molecule has 1 aliphatic rings. The number of alkyl carbamates (subject to hydrolysis) is 1. The van der Waals surface area contributed by atoms with Gasteiger partial charge in [0.15, 0.2) is 0 Å². The molecule has 0 bridgehead atoms. The Morgan fingerprint density at radius 1 is 0.784 bits per heavy atom. The molecule has 0 radical (unpaired) electrons. The Labute approximate surface area is 299 Å². The highest BCUT2D eigenvalue weighted by Gasteiger charge is 2.42. The van der Waals surface area contributed by atoms with E-state index >= 15 is 0 Å². The summed E-state index contributed by atoms with van der Waals surface area (Å²) in [6, 6.07) is 20.2. The van der Waals surface area contributed by atoms with Crippen molar-refractivity contribution in [1.29, 1.82) is 0 Å². The van der Waals surface area contributed by atoms with Crippen LogP contribution in [-0.4, -0.2) is 105 Å². The van der Waals surface area contributed by atoms with Gasteiger partial charge in [-0.05, 0) is 62.4 Å². The number of nitrogens with zero attached hydrogens (tertiary/aromatic N) is 3. The molecule has 0 saturated carbocycles. The Kier molecular flexibility index (Phi) is 12.8. The van der Waals surface area contributed by atoms with Gasteiger partial charge in [-0.1, -0.05) is 72.8 Å². The second-order valence-electron chi connectivity index (χ2n) is 13.9. The van der Waals surface area contributed by atoms with Crippen LogP contribution in [0.2, 0.25) is 0 Å². The number of carbonyl (C=O) groups is 5. The number of hydrogen-bond donors (Lipinski definition) is 3. The van der Waals surface area contributed by atoms with Crippen LogP contribution in [0.15, 0.2) is 84.9 Å². The second kappa shape index (κ2) is 17.0. The molecule has 0 aliphatic carbocycles. The van der Waals surface area contributed by atoms with Crippen molar-refractivity contribution in [2.24, 2.45) is 0 Å². The molecule has 3 N–H and O–H groups in total. The standard InChI is InChI=1S/C39H48N4O8/c1-39(2,3)51-38(50)40-30(23-28-18-20-29(44)21-19-28)34(45)41(4)32(24-26-13-8-6-9-14-26)35(46)42(5)33(25-27-15-10-7-11-16-27)36(47)43-22-12-17-31(43)37(48)49/h6-11,13-16,18-21,30-33,44H,12,17,22-25H2,1-5H3,(H,40,50)(H,48,49)/t30-,31-,32-,33?/m0/s1. The zero-order chi connectivity index (χ0) is 37.3. The van der Waals surface area contributed by atoms with Crippen molar-refractivity contribution in [3.8, 4) is 5.75 Å². The lowest BCUT2D eigenvalue weighted by Crippen LogP contribution is -2.59. The average Bonchev–Trinajstić information content (AvgIpc) is 3.60. The van der Waals surface area contributed by atoms with Crippen molar-refractivity contribution in [2.45, 2.75) is 82.6 Å². The highest BCUT2D eigenvalue weighted by Crippen LogP contribution is 2.23. The number of phenols is 1. The minimum atomic E-state index is -1.16. The van der Waals surface area contributed by atoms with E-state index in [1.54, 1.807) is 32.9 Å². The van der Waals surface area contributed by atoms with Gasteiger partial charge < -0.3 is 35.0 Å². The lowest BCUT2D eigenvalue weighted by molar-refractivity contribution is -0.154. The van der Waals surface area contributed by atoms with Crippen molar-refractivity contribution in [2.75, 3.05) is 20.6 Å². The molecule has 12 heteroatoms. The zero-order valence-corrected chi connectivity index (χ0v) is 29.8. The number of amides is 4. The van der Waals surface area contributed by atoms with E-state index in [0.29, 0.717) is 18.4 Å². The summed E-state index contributed by atoms with van der Waals surface area (Å²) in [5.41, 5.74) is 1.34. The van der Waals surface area contributed by atoms with Gasteiger partial charge in [0.2, 0.25) is 17.7 Å². The number of aliphatic carboxylic acids is 1. The predicted molar refractivity (Wildman–Crippen MR) is 191 cm³/mol. The first-order chi connectivity index (χ1) is 24.1. The van der Waals surface area contributed by atoms with Crippen LogP contribution < -0.4 is 5.32 Å². The topological polar surface area (TPSA) is 157 Å². The van der Waals surface area contributed by atoms with Crippen LogP contribution in [0.1, 0.15) is 50.3 Å². The summed E-state index contributed by atoms with van der Waals surface area (Å²) in [6.07, 6.45) is 0.286. The van der Waals surface area contributed by atoms with Crippen LogP contribution in [0.25, 0.3) is 0 Å².